The molecule has 1 aromatic heterocycles. The summed E-state index contributed by atoms with van der Waals surface area (Å²) >= 11 is 5.73. The van der Waals surface area contributed by atoms with Gasteiger partial charge in [-0.3, -0.25) is 14.9 Å². The average Bonchev–Trinajstić information content (AvgIpc) is 2.39. The molecule has 0 bridgehead atoms. The van der Waals surface area contributed by atoms with Crippen LogP contribution >= 0.6 is 11.6 Å². The van der Waals surface area contributed by atoms with Crippen LogP contribution in [0.3, 0.4) is 0 Å². The minimum absolute atomic E-state index is 0.0954. The second-order valence-electron chi connectivity index (χ2n) is 3.50. The number of rotatable bonds is 3. The molecule has 19 heavy (non-hydrogen) atoms. The second-order valence-corrected chi connectivity index (χ2v) is 3.91. The SMILES string of the molecule is O=C(Nc1cncnc1)c1ccc([N+](=O)[O-])c(Cl)c1. The lowest BCUT2D eigenvalue weighted by molar-refractivity contribution is -0.384. The highest BCUT2D eigenvalue weighted by molar-refractivity contribution is 6.33. The van der Waals surface area contributed by atoms with Crippen molar-refractivity contribution in [3.05, 3.63) is 57.6 Å². The van der Waals surface area contributed by atoms with E-state index in [9.17, 15) is 14.9 Å². The molecular weight excluding hydrogens is 272 g/mol. The smallest absolute Gasteiger partial charge is 0.287 e. The van der Waals surface area contributed by atoms with Crippen molar-refractivity contribution < 1.29 is 9.72 Å². The standard InChI is InChI=1S/C11H7ClN4O3/c12-9-3-7(1-2-10(9)16(18)19)11(17)15-8-4-13-6-14-5-8/h1-6H,(H,15,17). The van der Waals surface area contributed by atoms with Crippen molar-refractivity contribution in [3.63, 3.8) is 0 Å². The molecule has 8 heteroatoms. The normalized spacial score (nSPS) is 9.95. The maximum absolute atomic E-state index is 11.9. The van der Waals surface area contributed by atoms with Gasteiger partial charge in [-0.05, 0) is 12.1 Å². The number of hydrogen-bond acceptors (Lipinski definition) is 5. The summed E-state index contributed by atoms with van der Waals surface area (Å²) < 4.78 is 0. The number of amides is 1. The predicted octanol–water partition coefficient (Wildman–Crippen LogP) is 2.29. The van der Waals surface area contributed by atoms with E-state index in [0.717, 1.165) is 0 Å². The third-order valence-electron chi connectivity index (χ3n) is 2.23. The van der Waals surface area contributed by atoms with Crippen molar-refractivity contribution in [1.29, 1.82) is 0 Å². The van der Waals surface area contributed by atoms with Gasteiger partial charge in [0.1, 0.15) is 11.3 Å². The van der Waals surface area contributed by atoms with E-state index in [1.54, 1.807) is 0 Å². The van der Waals surface area contributed by atoms with Crippen LogP contribution in [-0.4, -0.2) is 20.8 Å². The first-order chi connectivity index (χ1) is 9.08. The molecule has 1 N–H and O–H groups in total. The topological polar surface area (TPSA) is 98.0 Å². The number of nitro benzene ring substituents is 1. The minimum atomic E-state index is -0.616. The van der Waals surface area contributed by atoms with Gasteiger partial charge in [0.15, 0.2) is 0 Å². The predicted molar refractivity (Wildman–Crippen MR) is 68.1 cm³/mol. The summed E-state index contributed by atoms with van der Waals surface area (Å²) in [5.41, 5.74) is 0.377. The molecule has 0 aliphatic heterocycles. The quantitative estimate of drug-likeness (QED) is 0.686. The fourth-order valence-electron chi connectivity index (χ4n) is 1.36. The summed E-state index contributed by atoms with van der Waals surface area (Å²) in [6.07, 6.45) is 4.19. The fraction of sp³-hybridized carbons (Fsp3) is 0. The molecule has 0 saturated heterocycles. The first-order valence-electron chi connectivity index (χ1n) is 5.08. The van der Waals surface area contributed by atoms with Crippen molar-refractivity contribution in [3.8, 4) is 0 Å². The van der Waals surface area contributed by atoms with E-state index in [1.165, 1.54) is 36.9 Å². The van der Waals surface area contributed by atoms with Crippen LogP contribution in [0.4, 0.5) is 11.4 Å². The number of halogens is 1. The molecule has 1 aromatic carbocycles. The van der Waals surface area contributed by atoms with Gasteiger partial charge in [0.25, 0.3) is 11.6 Å². The van der Waals surface area contributed by atoms with Gasteiger partial charge in [-0.1, -0.05) is 11.6 Å². The van der Waals surface area contributed by atoms with Crippen LogP contribution in [0.2, 0.25) is 5.02 Å². The van der Waals surface area contributed by atoms with Crippen molar-refractivity contribution in [2.75, 3.05) is 5.32 Å². The maximum atomic E-state index is 11.9. The molecule has 2 rings (SSSR count). The first kappa shape index (κ1) is 12.9. The molecule has 0 radical (unpaired) electrons. The van der Waals surface area contributed by atoms with Crippen LogP contribution in [0.25, 0.3) is 0 Å². The number of benzene rings is 1. The third-order valence-corrected chi connectivity index (χ3v) is 2.53. The van der Waals surface area contributed by atoms with Crippen LogP contribution < -0.4 is 5.32 Å². The number of aromatic nitrogens is 2. The van der Waals surface area contributed by atoms with Crippen molar-refractivity contribution in [2.45, 2.75) is 0 Å². The Balaban J connectivity index is 2.21. The zero-order chi connectivity index (χ0) is 13.8. The van der Waals surface area contributed by atoms with E-state index >= 15 is 0 Å². The average molecular weight is 279 g/mol. The Morgan fingerprint density at radius 1 is 1.32 bits per heavy atom. The Hall–Kier alpha value is -2.54. The minimum Gasteiger partial charge on any atom is -0.319 e. The Labute approximate surface area is 112 Å². The van der Waals surface area contributed by atoms with E-state index < -0.39 is 10.8 Å². The number of hydrogen-bond donors (Lipinski definition) is 1. The molecule has 2 aromatic rings. The first-order valence-corrected chi connectivity index (χ1v) is 5.46. The summed E-state index contributed by atoms with van der Waals surface area (Å²) in [7, 11) is 0. The van der Waals surface area contributed by atoms with Crippen molar-refractivity contribution in [2.24, 2.45) is 0 Å². The number of anilines is 1. The monoisotopic (exact) mass is 278 g/mol. The summed E-state index contributed by atoms with van der Waals surface area (Å²) in [4.78, 5) is 29.3. The molecule has 1 heterocycles. The second kappa shape index (κ2) is 5.40. The number of nitrogens with zero attached hydrogens (tertiary/aromatic N) is 3. The zero-order valence-electron chi connectivity index (χ0n) is 9.41. The van der Waals surface area contributed by atoms with Crippen LogP contribution in [-0.2, 0) is 0 Å². The summed E-state index contributed by atoms with van der Waals surface area (Å²) in [5, 5.41) is 13.0. The summed E-state index contributed by atoms with van der Waals surface area (Å²) in [5.74, 6) is -0.452. The van der Waals surface area contributed by atoms with Gasteiger partial charge in [0.2, 0.25) is 0 Å². The Morgan fingerprint density at radius 3 is 2.58 bits per heavy atom. The molecule has 0 aliphatic rings. The van der Waals surface area contributed by atoms with Crippen LogP contribution in [0, 0.1) is 10.1 Å². The van der Waals surface area contributed by atoms with Gasteiger partial charge in [-0.2, -0.15) is 0 Å². The van der Waals surface area contributed by atoms with E-state index in [0.29, 0.717) is 5.69 Å². The third kappa shape index (κ3) is 3.02. The molecule has 0 saturated carbocycles. The summed E-state index contributed by atoms with van der Waals surface area (Å²) in [6, 6.07) is 3.74. The zero-order valence-corrected chi connectivity index (χ0v) is 10.2. The molecule has 96 valence electrons. The highest BCUT2D eigenvalue weighted by Crippen LogP contribution is 2.25. The van der Waals surface area contributed by atoms with Crippen LogP contribution in [0.1, 0.15) is 10.4 Å². The lowest BCUT2D eigenvalue weighted by atomic mass is 10.2. The van der Waals surface area contributed by atoms with Gasteiger partial charge in [0.05, 0.1) is 23.0 Å². The molecule has 0 fully saturated rings. The van der Waals surface area contributed by atoms with Crippen LogP contribution in [0.5, 0.6) is 0 Å². The van der Waals surface area contributed by atoms with Gasteiger partial charge in [-0.25, -0.2) is 9.97 Å². The van der Waals surface area contributed by atoms with Crippen molar-refractivity contribution >= 4 is 28.9 Å². The highest BCUT2D eigenvalue weighted by atomic mass is 35.5. The van der Waals surface area contributed by atoms with Gasteiger partial charge >= 0.3 is 0 Å². The number of nitro groups is 1. The van der Waals surface area contributed by atoms with Crippen LogP contribution in [0.15, 0.2) is 36.9 Å². The Morgan fingerprint density at radius 2 is 2.00 bits per heavy atom. The lowest BCUT2D eigenvalue weighted by Gasteiger charge is -2.04. The fourth-order valence-corrected chi connectivity index (χ4v) is 1.61. The highest BCUT2D eigenvalue weighted by Gasteiger charge is 2.15. The lowest BCUT2D eigenvalue weighted by Crippen LogP contribution is -2.12. The van der Waals surface area contributed by atoms with Gasteiger partial charge in [0, 0.05) is 11.6 Å². The number of carbonyl (C=O) groups is 1. The maximum Gasteiger partial charge on any atom is 0.287 e. The van der Waals surface area contributed by atoms with Crippen molar-refractivity contribution in [1.82, 2.24) is 9.97 Å². The van der Waals surface area contributed by atoms with Gasteiger partial charge in [-0.15, -0.1) is 0 Å². The molecule has 0 atom stereocenters. The van der Waals surface area contributed by atoms with E-state index in [1.807, 2.05) is 0 Å². The Bertz CT molecular complexity index is 633. The van der Waals surface area contributed by atoms with E-state index in [-0.39, 0.29) is 16.3 Å². The van der Waals surface area contributed by atoms with E-state index in [4.69, 9.17) is 11.6 Å². The molecule has 1 amide bonds. The Kier molecular flexibility index (Phi) is 3.67. The molecular formula is C11H7ClN4O3. The molecule has 0 aliphatic carbocycles. The molecule has 0 spiro atoms. The largest absolute Gasteiger partial charge is 0.319 e. The summed E-state index contributed by atoms with van der Waals surface area (Å²) in [6.45, 7) is 0. The van der Waals surface area contributed by atoms with E-state index in [2.05, 4.69) is 15.3 Å². The molecule has 7 nitrogen and oxygen atoms in total. The number of carbonyl (C=O) groups excluding carboxylic acids is 1. The molecule has 0 unspecified atom stereocenters. The number of nitrogens with one attached hydrogen (secondary N) is 1. The van der Waals surface area contributed by atoms with Gasteiger partial charge < -0.3 is 5.32 Å².